The number of amides is 1. The second kappa shape index (κ2) is 9.02. The van der Waals surface area contributed by atoms with Crippen molar-refractivity contribution in [2.45, 2.75) is 32.5 Å². The van der Waals surface area contributed by atoms with Crippen LogP contribution in [-0.2, 0) is 15.7 Å². The van der Waals surface area contributed by atoms with Crippen LogP contribution >= 0.6 is 0 Å². The molecule has 0 unspecified atom stereocenters. The average molecular weight is 421 g/mol. The van der Waals surface area contributed by atoms with Gasteiger partial charge in [0, 0.05) is 0 Å². The quantitative estimate of drug-likeness (QED) is 0.485. The number of halogens is 3. The number of nitrogens with one attached hydrogen (secondary N) is 1. The zero-order valence-corrected chi connectivity index (χ0v) is 17.0. The highest BCUT2D eigenvalue weighted by Crippen LogP contribution is 2.32. The molecule has 0 aromatic heterocycles. The second-order valence-corrected chi connectivity index (χ2v) is 7.37. The van der Waals surface area contributed by atoms with Gasteiger partial charge in [0.25, 0.3) is 0 Å². The van der Waals surface area contributed by atoms with E-state index in [1.807, 2.05) is 0 Å². The van der Waals surface area contributed by atoms with E-state index < -0.39 is 29.4 Å². The minimum Gasteiger partial charge on any atom is -0.465 e. The van der Waals surface area contributed by atoms with Crippen molar-refractivity contribution in [3.63, 3.8) is 0 Å². The monoisotopic (exact) mass is 421 g/mol. The van der Waals surface area contributed by atoms with E-state index in [-0.39, 0.29) is 11.3 Å². The third-order valence-electron chi connectivity index (χ3n) is 3.80. The zero-order chi connectivity index (χ0) is 22.5. The van der Waals surface area contributed by atoms with Crippen LogP contribution in [0.25, 0.3) is 12.2 Å². The van der Waals surface area contributed by atoms with Gasteiger partial charge < -0.3 is 9.47 Å². The van der Waals surface area contributed by atoms with Crippen molar-refractivity contribution in [1.82, 2.24) is 0 Å². The van der Waals surface area contributed by atoms with E-state index in [4.69, 9.17) is 4.74 Å². The molecule has 0 atom stereocenters. The van der Waals surface area contributed by atoms with Gasteiger partial charge in [-0.05, 0) is 62.2 Å². The minimum absolute atomic E-state index is 0.146. The lowest BCUT2D eigenvalue weighted by Crippen LogP contribution is -2.27. The summed E-state index contributed by atoms with van der Waals surface area (Å²) in [4.78, 5) is 23.5. The van der Waals surface area contributed by atoms with Crippen LogP contribution in [0.15, 0.2) is 42.5 Å². The SMILES string of the molecule is COC(=O)c1ccc(C=Cc2cc(C(F)(F)F)ccc2NC(=O)OC(C)(C)C)cc1. The third-order valence-corrected chi connectivity index (χ3v) is 3.80. The molecule has 2 aromatic carbocycles. The molecule has 2 rings (SSSR count). The van der Waals surface area contributed by atoms with E-state index in [0.29, 0.717) is 11.1 Å². The first-order valence-corrected chi connectivity index (χ1v) is 8.97. The Morgan fingerprint density at radius 1 is 0.967 bits per heavy atom. The number of anilines is 1. The lowest BCUT2D eigenvalue weighted by atomic mass is 10.1. The molecule has 8 heteroatoms. The molecule has 160 valence electrons. The molecule has 0 aliphatic carbocycles. The molecule has 0 saturated carbocycles. The Kier molecular flexibility index (Phi) is 6.92. The summed E-state index contributed by atoms with van der Waals surface area (Å²) in [5.74, 6) is -0.493. The summed E-state index contributed by atoms with van der Waals surface area (Å²) >= 11 is 0. The molecule has 2 aromatic rings. The summed E-state index contributed by atoms with van der Waals surface area (Å²) in [7, 11) is 1.27. The first-order valence-electron chi connectivity index (χ1n) is 8.97. The maximum atomic E-state index is 13.1. The number of methoxy groups -OCH3 is 1. The normalized spacial score (nSPS) is 12.0. The molecular weight excluding hydrogens is 399 g/mol. The number of hydrogen-bond donors (Lipinski definition) is 1. The van der Waals surface area contributed by atoms with Gasteiger partial charge in [0.05, 0.1) is 23.9 Å². The Morgan fingerprint density at radius 2 is 1.60 bits per heavy atom. The molecule has 0 fully saturated rings. The third kappa shape index (κ3) is 6.65. The van der Waals surface area contributed by atoms with Crippen molar-refractivity contribution in [2.24, 2.45) is 0 Å². The summed E-state index contributed by atoms with van der Waals surface area (Å²) in [5.41, 5.74) is -0.303. The van der Waals surface area contributed by atoms with E-state index in [1.165, 1.54) is 31.4 Å². The summed E-state index contributed by atoms with van der Waals surface area (Å²) in [6.07, 6.45) is -2.31. The van der Waals surface area contributed by atoms with Crippen LogP contribution in [0.2, 0.25) is 0 Å². The molecular formula is C22H22F3NO4. The molecule has 5 nitrogen and oxygen atoms in total. The van der Waals surface area contributed by atoms with Crippen molar-refractivity contribution in [3.8, 4) is 0 Å². The number of rotatable bonds is 4. The van der Waals surface area contributed by atoms with Crippen molar-refractivity contribution >= 4 is 29.9 Å². The topological polar surface area (TPSA) is 64.6 Å². The van der Waals surface area contributed by atoms with E-state index in [0.717, 1.165) is 12.1 Å². The number of hydrogen-bond acceptors (Lipinski definition) is 4. The Balaban J connectivity index is 2.33. The highest BCUT2D eigenvalue weighted by atomic mass is 19.4. The van der Waals surface area contributed by atoms with E-state index >= 15 is 0 Å². The van der Waals surface area contributed by atoms with Gasteiger partial charge in [0.15, 0.2) is 0 Å². The molecule has 0 radical (unpaired) electrons. The standard InChI is InChI=1S/C22H22F3NO4/c1-21(2,3)30-20(28)26-18-12-11-17(22(23,24)25)13-16(18)10-7-14-5-8-15(9-6-14)19(27)29-4/h5-13H,1-4H3,(H,26,28). The molecule has 0 spiro atoms. The van der Waals surface area contributed by atoms with E-state index in [9.17, 15) is 22.8 Å². The highest BCUT2D eigenvalue weighted by molar-refractivity contribution is 5.91. The van der Waals surface area contributed by atoms with Crippen molar-refractivity contribution in [3.05, 3.63) is 64.7 Å². The number of benzene rings is 2. The van der Waals surface area contributed by atoms with Gasteiger partial charge in [-0.3, -0.25) is 5.32 Å². The predicted octanol–water partition coefficient (Wildman–Crippen LogP) is 6.01. The van der Waals surface area contributed by atoms with Gasteiger partial charge in [-0.2, -0.15) is 13.2 Å². The summed E-state index contributed by atoms with van der Waals surface area (Å²) < 4.78 is 49.1. The van der Waals surface area contributed by atoms with Crippen LogP contribution in [0.4, 0.5) is 23.7 Å². The highest BCUT2D eigenvalue weighted by Gasteiger charge is 2.31. The van der Waals surface area contributed by atoms with Crippen molar-refractivity contribution < 1.29 is 32.2 Å². The van der Waals surface area contributed by atoms with Crippen molar-refractivity contribution in [2.75, 3.05) is 12.4 Å². The Hall–Kier alpha value is -3.29. The fourth-order valence-electron chi connectivity index (χ4n) is 2.44. The van der Waals surface area contributed by atoms with Crippen molar-refractivity contribution in [1.29, 1.82) is 0 Å². The Morgan fingerprint density at radius 3 is 2.13 bits per heavy atom. The zero-order valence-electron chi connectivity index (χ0n) is 17.0. The maximum Gasteiger partial charge on any atom is 0.416 e. The second-order valence-electron chi connectivity index (χ2n) is 7.37. The lowest BCUT2D eigenvalue weighted by molar-refractivity contribution is -0.137. The van der Waals surface area contributed by atoms with Crippen LogP contribution in [0.1, 0.15) is 47.8 Å². The molecule has 1 N–H and O–H groups in total. The van der Waals surface area contributed by atoms with Gasteiger partial charge in [-0.1, -0.05) is 24.3 Å². The molecule has 0 heterocycles. The fourth-order valence-corrected chi connectivity index (χ4v) is 2.44. The fraction of sp³-hybridized carbons (Fsp3) is 0.273. The van der Waals surface area contributed by atoms with Gasteiger partial charge in [-0.15, -0.1) is 0 Å². The van der Waals surface area contributed by atoms with Gasteiger partial charge in [-0.25, -0.2) is 9.59 Å². The first-order chi connectivity index (χ1) is 13.9. The van der Waals surface area contributed by atoms with Crippen LogP contribution in [0.3, 0.4) is 0 Å². The number of esters is 1. The largest absolute Gasteiger partial charge is 0.465 e. The van der Waals surface area contributed by atoms with Crippen LogP contribution in [0.5, 0.6) is 0 Å². The molecule has 1 amide bonds. The maximum absolute atomic E-state index is 13.1. The van der Waals surface area contributed by atoms with Crippen LogP contribution < -0.4 is 5.32 Å². The number of carbonyl (C=O) groups is 2. The molecule has 30 heavy (non-hydrogen) atoms. The molecule has 0 bridgehead atoms. The average Bonchev–Trinajstić information content (AvgIpc) is 2.64. The smallest absolute Gasteiger partial charge is 0.416 e. The van der Waals surface area contributed by atoms with Gasteiger partial charge >= 0.3 is 18.2 Å². The number of ether oxygens (including phenoxy) is 2. The summed E-state index contributed by atoms with van der Waals surface area (Å²) in [6.45, 7) is 5.04. The summed E-state index contributed by atoms with van der Waals surface area (Å²) in [5, 5.41) is 2.47. The molecule has 0 aliphatic rings. The Bertz CT molecular complexity index is 942. The lowest BCUT2D eigenvalue weighted by Gasteiger charge is -2.20. The van der Waals surface area contributed by atoms with Crippen LogP contribution in [0, 0.1) is 0 Å². The minimum atomic E-state index is -4.53. The Labute approximate surface area is 172 Å². The summed E-state index contributed by atoms with van der Waals surface area (Å²) in [6, 6.07) is 9.32. The van der Waals surface area contributed by atoms with Crippen LogP contribution in [-0.4, -0.2) is 24.8 Å². The predicted molar refractivity (Wildman–Crippen MR) is 108 cm³/mol. The molecule has 0 saturated heterocycles. The van der Waals surface area contributed by atoms with E-state index in [2.05, 4.69) is 10.1 Å². The van der Waals surface area contributed by atoms with Gasteiger partial charge in [0.2, 0.25) is 0 Å². The first kappa shape index (κ1) is 23.0. The van der Waals surface area contributed by atoms with Gasteiger partial charge in [0.1, 0.15) is 5.60 Å². The number of carbonyl (C=O) groups excluding carboxylic acids is 2. The van der Waals surface area contributed by atoms with E-state index in [1.54, 1.807) is 39.0 Å². The number of alkyl halides is 3. The molecule has 0 aliphatic heterocycles.